The molecular weight excluding hydrogens is 362 g/mol. The molecule has 146 valence electrons. The third kappa shape index (κ3) is 3.26. The van der Waals surface area contributed by atoms with Gasteiger partial charge in [0.25, 0.3) is 0 Å². The zero-order valence-corrected chi connectivity index (χ0v) is 16.2. The highest BCUT2D eigenvalue weighted by atomic mass is 16.6. The number of amides is 1. The smallest absolute Gasteiger partial charge is 0.430 e. The van der Waals surface area contributed by atoms with E-state index >= 15 is 0 Å². The summed E-state index contributed by atoms with van der Waals surface area (Å²) in [5.74, 6) is 0. The molecule has 5 nitrogen and oxygen atoms in total. The molecule has 0 saturated carbocycles. The molecule has 4 rings (SSSR count). The maximum absolute atomic E-state index is 12.8. The highest BCUT2D eigenvalue weighted by Gasteiger charge is 2.47. The highest BCUT2D eigenvalue weighted by molar-refractivity contribution is 5.69. The van der Waals surface area contributed by atoms with Crippen LogP contribution in [-0.2, 0) is 10.3 Å². The fourth-order valence-corrected chi connectivity index (χ4v) is 3.80. The minimum absolute atomic E-state index is 0.298. The third-order valence-corrected chi connectivity index (χ3v) is 4.98. The summed E-state index contributed by atoms with van der Waals surface area (Å²) < 4.78 is 5.31. The third-order valence-electron chi connectivity index (χ3n) is 4.98. The predicted molar refractivity (Wildman–Crippen MR) is 112 cm³/mol. The monoisotopic (exact) mass is 385 g/mol. The van der Waals surface area contributed by atoms with E-state index in [2.05, 4.69) is 41.8 Å². The van der Waals surface area contributed by atoms with Crippen molar-refractivity contribution in [3.05, 3.63) is 120 Å². The first-order chi connectivity index (χ1) is 14.3. The summed E-state index contributed by atoms with van der Waals surface area (Å²) in [6, 6.07) is 30.5. The summed E-state index contributed by atoms with van der Waals surface area (Å²) in [5, 5.41) is 3.31. The second-order valence-corrected chi connectivity index (χ2v) is 6.61. The molecule has 1 N–H and O–H groups in total. The van der Waals surface area contributed by atoms with E-state index in [1.54, 1.807) is 19.3 Å². The Morgan fingerprint density at radius 2 is 1.28 bits per heavy atom. The van der Waals surface area contributed by atoms with Gasteiger partial charge in [0, 0.05) is 12.4 Å². The van der Waals surface area contributed by atoms with Crippen LogP contribution >= 0.6 is 0 Å². The van der Waals surface area contributed by atoms with E-state index in [4.69, 9.17) is 4.74 Å². The summed E-state index contributed by atoms with van der Waals surface area (Å²) in [6.07, 6.45) is 2.98. The van der Waals surface area contributed by atoms with Crippen molar-refractivity contribution >= 4 is 6.09 Å². The van der Waals surface area contributed by atoms with Gasteiger partial charge in [-0.3, -0.25) is 0 Å². The number of carbonyl (C=O) groups is 1. The molecule has 1 aliphatic heterocycles. The van der Waals surface area contributed by atoms with Gasteiger partial charge in [0.1, 0.15) is 5.54 Å². The first kappa shape index (κ1) is 18.8. The van der Waals surface area contributed by atoms with Gasteiger partial charge < -0.3 is 10.2 Å². The zero-order valence-electron chi connectivity index (χ0n) is 16.2. The first-order valence-corrected chi connectivity index (χ1v) is 9.64. The molecule has 0 unspecified atom stereocenters. The standard InChI is InChI=1S/C24H23N3O2/c1-2-29-23(28)26-19-18-25-27(26)24(20-12-6-3-7-13-20,21-14-8-4-9-15-21)22-16-10-5-11-17-22/h3-19,25H,2H2,1H3. The Morgan fingerprint density at radius 3 is 1.69 bits per heavy atom. The number of nitrogens with zero attached hydrogens (tertiary/aromatic N) is 2. The van der Waals surface area contributed by atoms with Crippen molar-refractivity contribution in [3.63, 3.8) is 0 Å². The average Bonchev–Trinajstić information content (AvgIpc) is 3.27. The summed E-state index contributed by atoms with van der Waals surface area (Å²) in [5.41, 5.74) is 5.50. The molecule has 0 aromatic heterocycles. The molecule has 0 aliphatic carbocycles. The lowest BCUT2D eigenvalue weighted by Crippen LogP contribution is -2.58. The molecule has 1 aliphatic rings. The van der Waals surface area contributed by atoms with E-state index in [-0.39, 0.29) is 0 Å². The van der Waals surface area contributed by atoms with E-state index in [0.29, 0.717) is 6.61 Å². The maximum atomic E-state index is 12.8. The molecule has 5 heteroatoms. The Morgan fingerprint density at radius 1 is 0.828 bits per heavy atom. The van der Waals surface area contributed by atoms with E-state index in [9.17, 15) is 4.79 Å². The number of hydrogen-bond acceptors (Lipinski definition) is 4. The minimum Gasteiger partial charge on any atom is -0.448 e. The fourth-order valence-electron chi connectivity index (χ4n) is 3.80. The van der Waals surface area contributed by atoms with Crippen LogP contribution in [-0.4, -0.2) is 22.8 Å². The number of hydrazine groups is 2. The van der Waals surface area contributed by atoms with Gasteiger partial charge in [0.05, 0.1) is 6.61 Å². The second-order valence-electron chi connectivity index (χ2n) is 6.61. The van der Waals surface area contributed by atoms with Gasteiger partial charge in [-0.2, -0.15) is 5.01 Å². The molecule has 0 atom stereocenters. The van der Waals surface area contributed by atoms with Gasteiger partial charge in [0.2, 0.25) is 0 Å². The summed E-state index contributed by atoms with van der Waals surface area (Å²) in [7, 11) is 0. The fraction of sp³-hybridized carbons (Fsp3) is 0.125. The maximum Gasteiger partial charge on any atom is 0.430 e. The molecule has 3 aromatic rings. The molecule has 1 amide bonds. The normalized spacial score (nSPS) is 13.9. The Labute approximate surface area is 170 Å². The number of hydrogen-bond donors (Lipinski definition) is 1. The van der Waals surface area contributed by atoms with Crippen molar-refractivity contribution in [2.24, 2.45) is 0 Å². The lowest BCUT2D eigenvalue weighted by atomic mass is 9.77. The molecule has 0 bridgehead atoms. The van der Waals surface area contributed by atoms with Crippen molar-refractivity contribution in [1.29, 1.82) is 0 Å². The van der Waals surface area contributed by atoms with Crippen molar-refractivity contribution in [2.45, 2.75) is 12.5 Å². The van der Waals surface area contributed by atoms with Gasteiger partial charge in [0.15, 0.2) is 0 Å². The average molecular weight is 385 g/mol. The van der Waals surface area contributed by atoms with Gasteiger partial charge in [-0.05, 0) is 23.6 Å². The predicted octanol–water partition coefficient (Wildman–Crippen LogP) is 4.64. The highest BCUT2D eigenvalue weighted by Crippen LogP contribution is 2.43. The summed E-state index contributed by atoms with van der Waals surface area (Å²) >= 11 is 0. The summed E-state index contributed by atoms with van der Waals surface area (Å²) in [6.45, 7) is 2.10. The number of rotatable bonds is 5. The first-order valence-electron chi connectivity index (χ1n) is 9.64. The number of nitrogens with one attached hydrogen (secondary N) is 1. The van der Waals surface area contributed by atoms with Crippen molar-refractivity contribution in [3.8, 4) is 0 Å². The number of carbonyl (C=O) groups excluding carboxylic acids is 1. The lowest BCUT2D eigenvalue weighted by molar-refractivity contribution is -0.0526. The van der Waals surface area contributed by atoms with E-state index in [1.165, 1.54) is 5.01 Å². The molecule has 29 heavy (non-hydrogen) atoms. The molecule has 0 spiro atoms. The molecular formula is C24H23N3O2. The van der Waals surface area contributed by atoms with Crippen LogP contribution in [0, 0.1) is 0 Å². The van der Waals surface area contributed by atoms with Crippen molar-refractivity contribution in [2.75, 3.05) is 6.61 Å². The molecule has 3 aromatic carbocycles. The van der Waals surface area contributed by atoms with Crippen LogP contribution in [0.25, 0.3) is 0 Å². The van der Waals surface area contributed by atoms with Crippen LogP contribution in [0.15, 0.2) is 103 Å². The Balaban J connectivity index is 2.00. The van der Waals surface area contributed by atoms with E-state index in [0.717, 1.165) is 16.7 Å². The second kappa shape index (κ2) is 8.20. The Kier molecular flexibility index (Phi) is 5.31. The SMILES string of the molecule is CCOC(=O)N1C=CNN1C(c1ccccc1)(c1ccccc1)c1ccccc1. The molecule has 0 fully saturated rings. The van der Waals surface area contributed by atoms with Crippen LogP contribution in [0.2, 0.25) is 0 Å². The van der Waals surface area contributed by atoms with E-state index in [1.807, 2.05) is 59.7 Å². The zero-order chi connectivity index (χ0) is 20.1. The molecule has 1 heterocycles. The quantitative estimate of drug-likeness (QED) is 0.650. The largest absolute Gasteiger partial charge is 0.448 e. The van der Waals surface area contributed by atoms with Crippen molar-refractivity contribution < 1.29 is 9.53 Å². The Bertz CT molecular complexity index is 878. The van der Waals surface area contributed by atoms with Gasteiger partial charge in [-0.25, -0.2) is 4.79 Å². The van der Waals surface area contributed by atoms with E-state index < -0.39 is 11.6 Å². The molecule has 0 radical (unpaired) electrons. The van der Waals surface area contributed by atoms with Crippen LogP contribution in [0.3, 0.4) is 0 Å². The van der Waals surface area contributed by atoms with Crippen LogP contribution in [0.1, 0.15) is 23.6 Å². The van der Waals surface area contributed by atoms with Gasteiger partial charge >= 0.3 is 6.09 Å². The van der Waals surface area contributed by atoms with Gasteiger partial charge in [-0.15, -0.1) is 5.12 Å². The van der Waals surface area contributed by atoms with Gasteiger partial charge in [-0.1, -0.05) is 91.0 Å². The van der Waals surface area contributed by atoms with Crippen LogP contribution in [0.5, 0.6) is 0 Å². The van der Waals surface area contributed by atoms with Crippen LogP contribution in [0.4, 0.5) is 4.79 Å². The number of benzene rings is 3. The lowest BCUT2D eigenvalue weighted by Gasteiger charge is -2.45. The topological polar surface area (TPSA) is 44.8 Å². The molecule has 0 saturated heterocycles. The van der Waals surface area contributed by atoms with Crippen molar-refractivity contribution in [1.82, 2.24) is 15.6 Å². The minimum atomic E-state index is -0.806. The summed E-state index contributed by atoms with van der Waals surface area (Å²) in [4.78, 5) is 12.8. The Hall–Kier alpha value is -3.57. The van der Waals surface area contributed by atoms with Crippen LogP contribution < -0.4 is 5.43 Å². The number of ether oxygens (including phenoxy) is 1.